The van der Waals surface area contributed by atoms with Gasteiger partial charge in [0, 0.05) is 9.52 Å². The molecule has 0 aliphatic heterocycles. The van der Waals surface area contributed by atoms with Gasteiger partial charge in [0.15, 0.2) is 0 Å². The van der Waals surface area contributed by atoms with Crippen LogP contribution in [0.2, 0.25) is 13.1 Å². The molecule has 0 fully saturated rings. The summed E-state index contributed by atoms with van der Waals surface area (Å²) >= 11 is 0. The molecule has 136 valence electrons. The van der Waals surface area contributed by atoms with Gasteiger partial charge in [-0.05, 0) is 6.42 Å². The van der Waals surface area contributed by atoms with E-state index in [0.717, 1.165) is 12.8 Å². The van der Waals surface area contributed by atoms with E-state index in [4.69, 9.17) is 0 Å². The predicted molar refractivity (Wildman–Crippen MR) is 106 cm³/mol. The van der Waals surface area contributed by atoms with Crippen molar-refractivity contribution in [3.63, 3.8) is 0 Å². The molecule has 0 heterocycles. The van der Waals surface area contributed by atoms with Gasteiger partial charge in [-0.25, -0.2) is 0 Å². The zero-order chi connectivity index (χ0) is 16.7. The first kappa shape index (κ1) is 24.4. The van der Waals surface area contributed by atoms with Crippen molar-refractivity contribution >= 4 is 9.52 Å². The molecular weight excluding hydrogens is 287 g/mol. The maximum absolute atomic E-state index is 11.9. The lowest BCUT2D eigenvalue weighted by atomic mass is 10.0. The van der Waals surface area contributed by atoms with E-state index in [1.54, 1.807) is 0 Å². The van der Waals surface area contributed by atoms with Crippen LogP contribution in [0, 0.1) is 0 Å². The van der Waals surface area contributed by atoms with Crippen LogP contribution in [0.3, 0.4) is 0 Å². The molecule has 2 heteroatoms. The van der Waals surface area contributed by atoms with Crippen LogP contribution in [0.5, 0.6) is 0 Å². The fraction of sp³-hybridized carbons (Fsp3) is 1.00. The average Bonchev–Trinajstić information content (AvgIpc) is 2.52. The lowest BCUT2D eigenvalue weighted by Crippen LogP contribution is -1.84. The van der Waals surface area contributed by atoms with Crippen LogP contribution >= 0.6 is 0 Å². The Kier molecular flexibility index (Phi) is 28.9. The number of hydrogen-bond donors (Lipinski definition) is 0. The van der Waals surface area contributed by atoms with Crippen LogP contribution in [0.15, 0.2) is 0 Å². The van der Waals surface area contributed by atoms with Crippen molar-refractivity contribution in [3.8, 4) is 0 Å². The van der Waals surface area contributed by atoms with E-state index in [2.05, 4.69) is 20.0 Å². The molecule has 0 unspecified atom stereocenters. The molecule has 0 spiro atoms. The Labute approximate surface area is 143 Å². The molecule has 0 aliphatic rings. The predicted octanol–water partition coefficient (Wildman–Crippen LogP) is 7.47. The van der Waals surface area contributed by atoms with Gasteiger partial charge in [-0.3, -0.25) is 4.39 Å². The van der Waals surface area contributed by atoms with Crippen molar-refractivity contribution in [1.82, 2.24) is 0 Å². The highest BCUT2D eigenvalue weighted by molar-refractivity contribution is 6.31. The Morgan fingerprint density at radius 3 is 0.955 bits per heavy atom. The number of rotatable bonds is 16. The minimum absolute atomic E-state index is 0.127. The van der Waals surface area contributed by atoms with Gasteiger partial charge in [0.1, 0.15) is 0 Å². The topological polar surface area (TPSA) is 0 Å². The summed E-state index contributed by atoms with van der Waals surface area (Å²) in [6.45, 7) is 6.68. The SMILES string of the molecule is CCCCCCCCCCCCCCCCCCF.C[SiH2]C. The highest BCUT2D eigenvalue weighted by atomic mass is 28.2. The summed E-state index contributed by atoms with van der Waals surface area (Å²) in [5.41, 5.74) is 0. The number of unbranched alkanes of at least 4 members (excludes halogenated alkanes) is 15. The van der Waals surface area contributed by atoms with Crippen molar-refractivity contribution in [2.75, 3.05) is 6.67 Å². The summed E-state index contributed by atoms with van der Waals surface area (Å²) in [6.07, 6.45) is 21.5. The molecule has 0 nitrogen and oxygen atoms in total. The third kappa shape index (κ3) is 28.3. The summed E-state index contributed by atoms with van der Waals surface area (Å²) in [5, 5.41) is 0. The quantitative estimate of drug-likeness (QED) is 0.203. The zero-order valence-electron chi connectivity index (χ0n) is 16.1. The maximum Gasteiger partial charge on any atom is 0.0894 e. The number of alkyl halides is 1. The molecule has 0 saturated carbocycles. The number of halogens is 1. The van der Waals surface area contributed by atoms with E-state index in [0.29, 0.717) is 9.52 Å². The van der Waals surface area contributed by atoms with Crippen molar-refractivity contribution in [1.29, 1.82) is 0 Å². The smallest absolute Gasteiger partial charge is 0.0894 e. The Bertz CT molecular complexity index is 146. The van der Waals surface area contributed by atoms with Gasteiger partial charge in [0.2, 0.25) is 0 Å². The van der Waals surface area contributed by atoms with Crippen LogP contribution in [-0.2, 0) is 0 Å². The van der Waals surface area contributed by atoms with E-state index >= 15 is 0 Å². The van der Waals surface area contributed by atoms with Gasteiger partial charge >= 0.3 is 0 Å². The third-order valence-corrected chi connectivity index (χ3v) is 3.99. The second-order valence-corrected chi connectivity index (χ2v) is 8.11. The Morgan fingerprint density at radius 2 is 0.727 bits per heavy atom. The van der Waals surface area contributed by atoms with Gasteiger partial charge < -0.3 is 0 Å². The lowest BCUT2D eigenvalue weighted by Gasteiger charge is -2.03. The van der Waals surface area contributed by atoms with Gasteiger partial charge in [-0.2, -0.15) is 0 Å². The molecular formula is C20H45FSi. The van der Waals surface area contributed by atoms with Crippen molar-refractivity contribution < 1.29 is 4.39 Å². The number of hydrogen-bond acceptors (Lipinski definition) is 0. The first-order valence-electron chi connectivity index (χ1n) is 10.4. The van der Waals surface area contributed by atoms with Crippen LogP contribution < -0.4 is 0 Å². The third-order valence-electron chi connectivity index (χ3n) is 3.99. The molecule has 0 radical (unpaired) electrons. The molecule has 0 bridgehead atoms. The monoisotopic (exact) mass is 332 g/mol. The molecule has 0 atom stereocenters. The standard InChI is InChI=1S/C18H37F.C2H8Si/c1-2-3-4-5-6-7-8-9-10-11-12-13-14-15-16-17-18-19;1-3-2/h2-18H2,1H3;3H2,1-2H3. The van der Waals surface area contributed by atoms with E-state index in [1.165, 1.54) is 89.9 Å². The summed E-state index contributed by atoms with van der Waals surface area (Å²) in [4.78, 5) is 0. The minimum Gasteiger partial charge on any atom is -0.251 e. The Hall–Kier alpha value is 0.147. The normalized spacial score (nSPS) is 10.4. The van der Waals surface area contributed by atoms with Crippen molar-refractivity contribution in [3.05, 3.63) is 0 Å². The molecule has 0 aliphatic carbocycles. The largest absolute Gasteiger partial charge is 0.251 e. The van der Waals surface area contributed by atoms with Gasteiger partial charge in [0.25, 0.3) is 0 Å². The average molecular weight is 333 g/mol. The fourth-order valence-electron chi connectivity index (χ4n) is 2.64. The lowest BCUT2D eigenvalue weighted by molar-refractivity contribution is 0.448. The summed E-state index contributed by atoms with van der Waals surface area (Å²) in [5.74, 6) is 0. The summed E-state index contributed by atoms with van der Waals surface area (Å²) in [6, 6.07) is 0. The van der Waals surface area contributed by atoms with Crippen molar-refractivity contribution in [2.45, 2.75) is 123 Å². The highest BCUT2D eigenvalue weighted by Crippen LogP contribution is 2.13. The maximum atomic E-state index is 11.9. The molecule has 0 rings (SSSR count). The summed E-state index contributed by atoms with van der Waals surface area (Å²) in [7, 11) is 0.417. The first-order valence-corrected chi connectivity index (χ1v) is 13.2. The van der Waals surface area contributed by atoms with Gasteiger partial charge in [0.05, 0.1) is 6.67 Å². The van der Waals surface area contributed by atoms with Crippen LogP contribution in [-0.4, -0.2) is 16.2 Å². The molecule has 22 heavy (non-hydrogen) atoms. The van der Waals surface area contributed by atoms with E-state index in [-0.39, 0.29) is 6.67 Å². The molecule has 0 aromatic carbocycles. The summed E-state index contributed by atoms with van der Waals surface area (Å²) < 4.78 is 11.9. The van der Waals surface area contributed by atoms with Crippen LogP contribution in [0.1, 0.15) is 110 Å². The van der Waals surface area contributed by atoms with Gasteiger partial charge in [-0.15, -0.1) is 0 Å². The first-order chi connectivity index (χ1) is 10.8. The highest BCUT2D eigenvalue weighted by Gasteiger charge is 1.94. The Balaban J connectivity index is 0. The molecule has 0 aromatic heterocycles. The van der Waals surface area contributed by atoms with E-state index in [9.17, 15) is 4.39 Å². The molecule has 0 aromatic rings. The van der Waals surface area contributed by atoms with Crippen molar-refractivity contribution in [2.24, 2.45) is 0 Å². The van der Waals surface area contributed by atoms with E-state index < -0.39 is 0 Å². The molecule has 0 amide bonds. The minimum atomic E-state index is -0.127. The second kappa shape index (κ2) is 26.1. The van der Waals surface area contributed by atoms with E-state index in [1.807, 2.05) is 0 Å². The van der Waals surface area contributed by atoms with Crippen LogP contribution in [0.4, 0.5) is 4.39 Å². The van der Waals surface area contributed by atoms with Crippen LogP contribution in [0.25, 0.3) is 0 Å². The van der Waals surface area contributed by atoms with Gasteiger partial charge in [-0.1, -0.05) is 116 Å². The zero-order valence-corrected chi connectivity index (χ0v) is 17.5. The fourth-order valence-corrected chi connectivity index (χ4v) is 2.64. The Morgan fingerprint density at radius 1 is 0.500 bits per heavy atom. The second-order valence-electron chi connectivity index (χ2n) is 6.70. The molecule has 0 N–H and O–H groups in total. The molecule has 0 saturated heterocycles.